The molecule has 4 nitrogen and oxygen atoms in total. The predicted octanol–water partition coefficient (Wildman–Crippen LogP) is 4.47. The number of hydrogen-bond donors (Lipinski definition) is 1. The molecule has 1 saturated carbocycles. The highest BCUT2D eigenvalue weighted by molar-refractivity contribution is 6.35. The van der Waals surface area contributed by atoms with Crippen LogP contribution in [0, 0.1) is 17.8 Å². The highest BCUT2D eigenvalue weighted by atomic mass is 35.5. The van der Waals surface area contributed by atoms with Crippen molar-refractivity contribution in [3.8, 4) is 5.75 Å². The van der Waals surface area contributed by atoms with Crippen LogP contribution in [-0.2, 0) is 4.79 Å². The Kier molecular flexibility index (Phi) is 5.80. The molecule has 2 bridgehead atoms. The second-order valence-corrected chi connectivity index (χ2v) is 7.13. The van der Waals surface area contributed by atoms with E-state index >= 15 is 0 Å². The molecule has 1 N–H and O–H groups in total. The zero-order chi connectivity index (χ0) is 16.9. The van der Waals surface area contributed by atoms with Gasteiger partial charge in [0.2, 0.25) is 5.91 Å². The molecule has 0 saturated heterocycles. The number of ether oxygens (including phenoxy) is 1. The van der Waals surface area contributed by atoms with Gasteiger partial charge in [0.25, 0.3) is 0 Å². The van der Waals surface area contributed by atoms with Gasteiger partial charge in [-0.1, -0.05) is 35.4 Å². The van der Waals surface area contributed by atoms with Crippen molar-refractivity contribution in [1.82, 2.24) is 5.43 Å². The number of halogens is 2. The lowest BCUT2D eigenvalue weighted by Crippen LogP contribution is -2.19. The molecule has 1 aromatic rings. The largest absolute Gasteiger partial charge is 0.492 e. The zero-order valence-electron chi connectivity index (χ0n) is 13.3. The van der Waals surface area contributed by atoms with E-state index in [9.17, 15) is 4.79 Å². The summed E-state index contributed by atoms with van der Waals surface area (Å²) in [5, 5.41) is 5.13. The Morgan fingerprint density at radius 2 is 2.21 bits per heavy atom. The van der Waals surface area contributed by atoms with Gasteiger partial charge in [-0.15, -0.1) is 0 Å². The molecule has 0 heterocycles. The molecule has 6 heteroatoms. The van der Waals surface area contributed by atoms with E-state index in [1.807, 2.05) is 6.21 Å². The van der Waals surface area contributed by atoms with Crippen molar-refractivity contribution in [2.75, 3.05) is 6.61 Å². The van der Waals surface area contributed by atoms with Gasteiger partial charge in [0.1, 0.15) is 5.75 Å². The number of rotatable bonds is 7. The second-order valence-electron chi connectivity index (χ2n) is 6.28. The fourth-order valence-electron chi connectivity index (χ4n) is 3.26. The zero-order valence-corrected chi connectivity index (χ0v) is 14.8. The van der Waals surface area contributed by atoms with Crippen LogP contribution < -0.4 is 10.2 Å². The van der Waals surface area contributed by atoms with E-state index in [-0.39, 0.29) is 5.91 Å². The minimum absolute atomic E-state index is 0.101. The fraction of sp³-hybridized carbons (Fsp3) is 0.444. The molecule has 0 radical (unpaired) electrons. The number of nitrogens with zero attached hydrogens (tertiary/aromatic N) is 1. The lowest BCUT2D eigenvalue weighted by molar-refractivity contribution is -0.121. The predicted molar refractivity (Wildman–Crippen MR) is 96.7 cm³/mol. The molecular formula is C18H20Cl2N2O2. The maximum atomic E-state index is 11.8. The summed E-state index contributed by atoms with van der Waals surface area (Å²) >= 11 is 11.8. The van der Waals surface area contributed by atoms with E-state index in [4.69, 9.17) is 27.9 Å². The molecule has 1 fully saturated rings. The lowest BCUT2D eigenvalue weighted by Gasteiger charge is -2.12. The van der Waals surface area contributed by atoms with Crippen LogP contribution in [0.4, 0.5) is 0 Å². The molecule has 2 aliphatic carbocycles. The van der Waals surface area contributed by atoms with E-state index in [0.29, 0.717) is 53.0 Å². The van der Waals surface area contributed by atoms with Crippen molar-refractivity contribution in [3.63, 3.8) is 0 Å². The monoisotopic (exact) mass is 366 g/mol. The molecule has 0 aliphatic heterocycles. The number of hydrazone groups is 1. The van der Waals surface area contributed by atoms with E-state index in [0.717, 1.165) is 6.42 Å². The summed E-state index contributed by atoms with van der Waals surface area (Å²) in [4.78, 5) is 11.8. The molecule has 2 aliphatic rings. The molecule has 3 unspecified atom stereocenters. The summed E-state index contributed by atoms with van der Waals surface area (Å²) in [6.07, 6.45) is 9.78. The third-order valence-electron chi connectivity index (χ3n) is 4.49. The lowest BCUT2D eigenvalue weighted by atomic mass is 9.95. The SMILES string of the molecule is O=C(CCCOc1ccc(Cl)cc1Cl)NN=CC1CC2C=CC1C2. The summed E-state index contributed by atoms with van der Waals surface area (Å²) in [6, 6.07) is 5.07. The maximum Gasteiger partial charge on any atom is 0.240 e. The van der Waals surface area contributed by atoms with E-state index in [1.165, 1.54) is 6.42 Å². The Hall–Kier alpha value is -1.52. The van der Waals surface area contributed by atoms with Crippen molar-refractivity contribution in [3.05, 3.63) is 40.4 Å². The molecule has 0 aromatic heterocycles. The first-order valence-corrected chi connectivity index (χ1v) is 8.95. The van der Waals surface area contributed by atoms with Crippen LogP contribution in [0.15, 0.2) is 35.5 Å². The van der Waals surface area contributed by atoms with Crippen molar-refractivity contribution >= 4 is 35.3 Å². The molecule has 1 amide bonds. The van der Waals surface area contributed by atoms with Crippen molar-refractivity contribution in [2.45, 2.75) is 25.7 Å². The summed E-state index contributed by atoms with van der Waals surface area (Å²) in [7, 11) is 0. The van der Waals surface area contributed by atoms with E-state index < -0.39 is 0 Å². The first-order valence-electron chi connectivity index (χ1n) is 8.20. The van der Waals surface area contributed by atoms with Gasteiger partial charge in [0.05, 0.1) is 11.6 Å². The van der Waals surface area contributed by atoms with Gasteiger partial charge in [-0.2, -0.15) is 5.10 Å². The van der Waals surface area contributed by atoms with E-state index in [1.54, 1.807) is 18.2 Å². The molecular weight excluding hydrogens is 347 g/mol. The van der Waals surface area contributed by atoms with Crippen LogP contribution in [0.2, 0.25) is 10.0 Å². The Labute approximate surface area is 151 Å². The molecule has 3 rings (SSSR count). The molecule has 1 aromatic carbocycles. The molecule has 3 atom stereocenters. The molecule has 0 spiro atoms. The number of carbonyl (C=O) groups excluding carboxylic acids is 1. The average molecular weight is 367 g/mol. The first kappa shape index (κ1) is 17.3. The highest BCUT2D eigenvalue weighted by Crippen LogP contribution is 2.42. The Morgan fingerprint density at radius 1 is 1.33 bits per heavy atom. The third-order valence-corrected chi connectivity index (χ3v) is 5.02. The Bertz CT molecular complexity index is 660. The topological polar surface area (TPSA) is 50.7 Å². The Morgan fingerprint density at radius 3 is 2.92 bits per heavy atom. The highest BCUT2D eigenvalue weighted by Gasteiger charge is 2.34. The van der Waals surface area contributed by atoms with Crippen LogP contribution >= 0.6 is 23.2 Å². The van der Waals surface area contributed by atoms with Crippen LogP contribution in [0.25, 0.3) is 0 Å². The standard InChI is InChI=1S/C18H20Cl2N2O2/c19-15-5-6-17(16(20)10-15)24-7-1-2-18(23)22-21-11-14-9-12-3-4-13(14)8-12/h3-6,10-14H,1-2,7-9H2,(H,22,23). The van der Waals surface area contributed by atoms with Crippen molar-refractivity contribution in [1.29, 1.82) is 0 Å². The van der Waals surface area contributed by atoms with Crippen LogP contribution in [0.1, 0.15) is 25.7 Å². The third kappa shape index (κ3) is 4.52. The minimum atomic E-state index is -0.101. The van der Waals surface area contributed by atoms with Crippen molar-refractivity contribution in [2.24, 2.45) is 22.9 Å². The summed E-state index contributed by atoms with van der Waals surface area (Å²) in [5.74, 6) is 2.25. The smallest absolute Gasteiger partial charge is 0.240 e. The number of amides is 1. The number of allylic oxidation sites excluding steroid dienone is 2. The average Bonchev–Trinajstić information content (AvgIpc) is 3.16. The molecule has 128 valence electrons. The van der Waals surface area contributed by atoms with Crippen LogP contribution in [0.5, 0.6) is 5.75 Å². The van der Waals surface area contributed by atoms with Gasteiger partial charge in [-0.25, -0.2) is 5.43 Å². The normalized spacial score (nSPS) is 24.7. The van der Waals surface area contributed by atoms with E-state index in [2.05, 4.69) is 22.7 Å². The van der Waals surface area contributed by atoms with Crippen LogP contribution in [0.3, 0.4) is 0 Å². The fourth-order valence-corrected chi connectivity index (χ4v) is 3.73. The van der Waals surface area contributed by atoms with Crippen molar-refractivity contribution < 1.29 is 9.53 Å². The first-order chi connectivity index (χ1) is 11.6. The molecule has 24 heavy (non-hydrogen) atoms. The quantitative estimate of drug-likeness (QED) is 0.335. The number of hydrogen-bond acceptors (Lipinski definition) is 3. The van der Waals surface area contributed by atoms with Gasteiger partial charge in [0.15, 0.2) is 0 Å². The maximum absolute atomic E-state index is 11.8. The number of nitrogens with one attached hydrogen (secondary N) is 1. The second kappa shape index (κ2) is 8.04. The van der Waals surface area contributed by atoms with Crippen LogP contribution in [-0.4, -0.2) is 18.7 Å². The number of benzene rings is 1. The summed E-state index contributed by atoms with van der Waals surface area (Å²) in [6.45, 7) is 0.412. The van der Waals surface area contributed by atoms with Gasteiger partial charge in [0, 0.05) is 23.6 Å². The number of fused-ring (bicyclic) bond motifs is 2. The minimum Gasteiger partial charge on any atom is -0.492 e. The number of carbonyl (C=O) groups is 1. The van der Waals surface area contributed by atoms with Gasteiger partial charge < -0.3 is 4.74 Å². The Balaban J connectivity index is 1.32. The van der Waals surface area contributed by atoms with Gasteiger partial charge >= 0.3 is 0 Å². The summed E-state index contributed by atoms with van der Waals surface area (Å²) in [5.41, 5.74) is 2.59. The van der Waals surface area contributed by atoms with Gasteiger partial charge in [-0.3, -0.25) is 4.79 Å². The van der Waals surface area contributed by atoms with Gasteiger partial charge in [-0.05, 0) is 49.3 Å². The summed E-state index contributed by atoms with van der Waals surface area (Å²) < 4.78 is 5.54.